The Morgan fingerprint density at radius 2 is 2.25 bits per heavy atom. The zero-order valence-corrected chi connectivity index (χ0v) is 9.59. The third-order valence-corrected chi connectivity index (χ3v) is 2.99. The maximum atomic E-state index is 13.7. The van der Waals surface area contributed by atoms with Crippen LogP contribution in [0.15, 0.2) is 28.9 Å². The van der Waals surface area contributed by atoms with Crippen molar-refractivity contribution in [2.24, 2.45) is 0 Å². The molecule has 1 atom stereocenters. The Kier molecular flexibility index (Phi) is 3.25. The number of halogens is 1. The molecule has 0 aliphatic carbocycles. The lowest BCUT2D eigenvalue weighted by atomic mass is 10.0. The van der Waals surface area contributed by atoms with Gasteiger partial charge in [0, 0.05) is 17.5 Å². The molecule has 1 unspecified atom stereocenters. The van der Waals surface area contributed by atoms with Gasteiger partial charge < -0.3 is 9.73 Å². The van der Waals surface area contributed by atoms with E-state index in [1.807, 2.05) is 19.2 Å². The second kappa shape index (κ2) is 4.66. The summed E-state index contributed by atoms with van der Waals surface area (Å²) in [5.41, 5.74) is 1.36. The van der Waals surface area contributed by atoms with Gasteiger partial charge in [-0.25, -0.2) is 4.39 Å². The molecule has 2 nitrogen and oxygen atoms in total. The highest BCUT2D eigenvalue weighted by Crippen LogP contribution is 2.21. The highest BCUT2D eigenvalue weighted by Gasteiger charge is 2.11. The first kappa shape index (κ1) is 11.1. The van der Waals surface area contributed by atoms with Crippen LogP contribution < -0.4 is 5.32 Å². The fourth-order valence-electron chi connectivity index (χ4n) is 1.90. The van der Waals surface area contributed by atoms with Gasteiger partial charge in [0.05, 0.1) is 6.26 Å². The van der Waals surface area contributed by atoms with E-state index in [2.05, 4.69) is 12.2 Å². The van der Waals surface area contributed by atoms with Crippen molar-refractivity contribution in [2.45, 2.75) is 25.8 Å². The van der Waals surface area contributed by atoms with Crippen molar-refractivity contribution in [2.75, 3.05) is 7.05 Å². The number of fused-ring (bicyclic) bond motifs is 1. The molecule has 2 aromatic rings. The fourth-order valence-corrected chi connectivity index (χ4v) is 1.90. The fraction of sp³-hybridized carbons (Fsp3) is 0.385. The van der Waals surface area contributed by atoms with E-state index >= 15 is 0 Å². The van der Waals surface area contributed by atoms with Crippen molar-refractivity contribution in [3.05, 3.63) is 35.8 Å². The number of furan rings is 1. The summed E-state index contributed by atoms with van der Waals surface area (Å²) < 4.78 is 18.9. The van der Waals surface area contributed by atoms with E-state index < -0.39 is 0 Å². The summed E-state index contributed by atoms with van der Waals surface area (Å²) in [5, 5.41) is 4.14. The minimum Gasteiger partial charge on any atom is -0.464 e. The molecule has 1 heterocycles. The predicted octanol–water partition coefficient (Wildman–Crippen LogP) is 3.11. The van der Waals surface area contributed by atoms with Crippen LogP contribution in [-0.4, -0.2) is 13.1 Å². The first-order valence-corrected chi connectivity index (χ1v) is 5.57. The summed E-state index contributed by atoms with van der Waals surface area (Å²) in [6, 6.07) is 5.51. The molecule has 0 amide bonds. The Balaban J connectivity index is 2.32. The molecule has 0 spiro atoms. The van der Waals surface area contributed by atoms with Crippen LogP contribution in [0.25, 0.3) is 11.0 Å². The van der Waals surface area contributed by atoms with Crippen molar-refractivity contribution in [3.8, 4) is 0 Å². The largest absolute Gasteiger partial charge is 0.464 e. The van der Waals surface area contributed by atoms with Gasteiger partial charge in [-0.1, -0.05) is 6.92 Å². The first-order valence-electron chi connectivity index (χ1n) is 5.57. The topological polar surface area (TPSA) is 25.2 Å². The van der Waals surface area contributed by atoms with Gasteiger partial charge in [0.25, 0.3) is 0 Å². The van der Waals surface area contributed by atoms with Crippen molar-refractivity contribution >= 4 is 11.0 Å². The number of hydrogen-bond donors (Lipinski definition) is 1. The molecular formula is C13H16FNO. The van der Waals surface area contributed by atoms with E-state index in [4.69, 9.17) is 4.42 Å². The lowest BCUT2D eigenvalue weighted by molar-refractivity contribution is 0.522. The second-order valence-corrected chi connectivity index (χ2v) is 4.00. The molecular weight excluding hydrogens is 205 g/mol. The zero-order chi connectivity index (χ0) is 11.5. The van der Waals surface area contributed by atoms with E-state index in [1.54, 1.807) is 6.26 Å². The summed E-state index contributed by atoms with van der Waals surface area (Å²) in [4.78, 5) is 0. The smallest absolute Gasteiger partial charge is 0.136 e. The van der Waals surface area contributed by atoms with Gasteiger partial charge in [-0.05, 0) is 37.6 Å². The Morgan fingerprint density at radius 3 is 2.94 bits per heavy atom. The highest BCUT2D eigenvalue weighted by atomic mass is 19.1. The summed E-state index contributed by atoms with van der Waals surface area (Å²) in [5.74, 6) is -0.184. The van der Waals surface area contributed by atoms with Gasteiger partial charge >= 0.3 is 0 Å². The normalized spacial score (nSPS) is 13.2. The number of hydrogen-bond acceptors (Lipinski definition) is 2. The Hall–Kier alpha value is -1.35. The second-order valence-electron chi connectivity index (χ2n) is 4.00. The average molecular weight is 221 g/mol. The van der Waals surface area contributed by atoms with Crippen LogP contribution in [0.1, 0.15) is 18.9 Å². The number of rotatable bonds is 4. The minimum absolute atomic E-state index is 0.184. The monoisotopic (exact) mass is 221 g/mol. The Morgan fingerprint density at radius 1 is 1.44 bits per heavy atom. The standard InChI is InChI=1S/C13H16FNO/c1-3-11(15-2)7-10-6-9-4-5-16-13(9)8-12(10)14/h4-6,8,11,15H,3,7H2,1-2H3. The maximum Gasteiger partial charge on any atom is 0.136 e. The molecule has 1 N–H and O–H groups in total. The van der Waals surface area contributed by atoms with Gasteiger partial charge in [-0.2, -0.15) is 0 Å². The van der Waals surface area contributed by atoms with E-state index in [0.717, 1.165) is 17.4 Å². The van der Waals surface area contributed by atoms with E-state index in [1.165, 1.54) is 6.07 Å². The molecule has 1 aromatic heterocycles. The molecule has 0 aliphatic rings. The highest BCUT2D eigenvalue weighted by molar-refractivity contribution is 5.77. The summed E-state index contributed by atoms with van der Waals surface area (Å²) in [6.45, 7) is 2.09. The van der Waals surface area contributed by atoms with Gasteiger partial charge in [-0.15, -0.1) is 0 Å². The molecule has 1 aromatic carbocycles. The van der Waals surface area contributed by atoms with Crippen molar-refractivity contribution in [1.29, 1.82) is 0 Å². The quantitative estimate of drug-likeness (QED) is 0.858. The predicted molar refractivity (Wildman–Crippen MR) is 63.0 cm³/mol. The van der Waals surface area contributed by atoms with Gasteiger partial charge in [0.15, 0.2) is 0 Å². The van der Waals surface area contributed by atoms with Gasteiger partial charge in [0.1, 0.15) is 11.4 Å². The molecule has 86 valence electrons. The van der Waals surface area contributed by atoms with Crippen LogP contribution in [0, 0.1) is 5.82 Å². The van der Waals surface area contributed by atoms with Crippen LogP contribution >= 0.6 is 0 Å². The number of likely N-dealkylation sites (N-methyl/N-ethyl adjacent to an activating group) is 1. The lowest BCUT2D eigenvalue weighted by Gasteiger charge is -2.14. The molecule has 16 heavy (non-hydrogen) atoms. The molecule has 3 heteroatoms. The molecule has 0 bridgehead atoms. The summed E-state index contributed by atoms with van der Waals surface area (Å²) in [6.07, 6.45) is 3.28. The molecule has 0 aliphatic heterocycles. The first-order chi connectivity index (χ1) is 7.74. The molecule has 0 fully saturated rings. The van der Waals surface area contributed by atoms with E-state index in [-0.39, 0.29) is 5.82 Å². The molecule has 2 rings (SSSR count). The van der Waals surface area contributed by atoms with Crippen LogP contribution in [0.4, 0.5) is 4.39 Å². The van der Waals surface area contributed by atoms with Crippen molar-refractivity contribution < 1.29 is 8.81 Å². The maximum absolute atomic E-state index is 13.7. The van der Waals surface area contributed by atoms with Crippen LogP contribution in [0.5, 0.6) is 0 Å². The lowest BCUT2D eigenvalue weighted by Crippen LogP contribution is -2.26. The SMILES string of the molecule is CCC(Cc1cc2ccoc2cc1F)NC. The third kappa shape index (κ3) is 2.09. The Labute approximate surface area is 94.4 Å². The summed E-state index contributed by atoms with van der Waals surface area (Å²) in [7, 11) is 1.91. The molecule has 0 saturated carbocycles. The molecule has 0 saturated heterocycles. The van der Waals surface area contributed by atoms with Gasteiger partial charge in [0.2, 0.25) is 0 Å². The van der Waals surface area contributed by atoms with Gasteiger partial charge in [-0.3, -0.25) is 0 Å². The van der Waals surface area contributed by atoms with Crippen LogP contribution in [0.2, 0.25) is 0 Å². The van der Waals surface area contributed by atoms with E-state index in [9.17, 15) is 4.39 Å². The zero-order valence-electron chi connectivity index (χ0n) is 9.59. The number of benzene rings is 1. The molecule has 0 radical (unpaired) electrons. The van der Waals surface area contributed by atoms with Crippen LogP contribution in [0.3, 0.4) is 0 Å². The minimum atomic E-state index is -0.184. The van der Waals surface area contributed by atoms with E-state index in [0.29, 0.717) is 18.0 Å². The van der Waals surface area contributed by atoms with Crippen molar-refractivity contribution in [1.82, 2.24) is 5.32 Å². The summed E-state index contributed by atoms with van der Waals surface area (Å²) >= 11 is 0. The average Bonchev–Trinajstić information content (AvgIpc) is 2.72. The Bertz CT molecular complexity index is 474. The van der Waals surface area contributed by atoms with Crippen LogP contribution in [-0.2, 0) is 6.42 Å². The number of nitrogens with one attached hydrogen (secondary N) is 1. The van der Waals surface area contributed by atoms with Crippen molar-refractivity contribution in [3.63, 3.8) is 0 Å². The third-order valence-electron chi connectivity index (χ3n) is 2.99.